The predicted molar refractivity (Wildman–Crippen MR) is 52.5 cm³/mol. The van der Waals surface area contributed by atoms with E-state index in [0.29, 0.717) is 0 Å². The van der Waals surface area contributed by atoms with Crippen molar-refractivity contribution in [3.8, 4) is 0 Å². The molecular formula is C7H9BrN2S. The maximum absolute atomic E-state index is 4.19. The molecule has 0 aromatic carbocycles. The van der Waals surface area contributed by atoms with Crippen LogP contribution >= 0.6 is 28.7 Å². The Bertz CT molecular complexity index is 224. The van der Waals surface area contributed by atoms with Crippen molar-refractivity contribution in [3.63, 3.8) is 0 Å². The highest BCUT2D eigenvalue weighted by Crippen LogP contribution is 2.13. The van der Waals surface area contributed by atoms with E-state index in [0.717, 1.165) is 10.2 Å². The van der Waals surface area contributed by atoms with Gasteiger partial charge in [-0.15, -0.1) is 0 Å². The van der Waals surface area contributed by atoms with Crippen LogP contribution in [0.2, 0.25) is 0 Å². The number of nitrogens with zero attached hydrogens (tertiary/aromatic N) is 1. The highest BCUT2D eigenvalue weighted by atomic mass is 79.9. The standard InChI is InChI=1S/C7H9BrN2S/c1-5(10-11)7-3-2-6(8)4-9-7/h2-5,10-11H,1H3. The van der Waals surface area contributed by atoms with Gasteiger partial charge < -0.3 is 0 Å². The lowest BCUT2D eigenvalue weighted by Crippen LogP contribution is -2.08. The Kier molecular flexibility index (Phi) is 3.36. The van der Waals surface area contributed by atoms with Gasteiger partial charge in [-0.1, -0.05) is 12.8 Å². The van der Waals surface area contributed by atoms with Crippen molar-refractivity contribution in [2.45, 2.75) is 13.0 Å². The molecule has 1 aromatic rings. The Morgan fingerprint density at radius 3 is 2.82 bits per heavy atom. The number of aromatic nitrogens is 1. The quantitative estimate of drug-likeness (QED) is 0.766. The van der Waals surface area contributed by atoms with Crippen LogP contribution in [0, 0.1) is 0 Å². The molecule has 0 saturated carbocycles. The van der Waals surface area contributed by atoms with Gasteiger partial charge in [0.05, 0.1) is 11.7 Å². The van der Waals surface area contributed by atoms with Crippen molar-refractivity contribution in [1.29, 1.82) is 0 Å². The first-order chi connectivity index (χ1) is 5.24. The monoisotopic (exact) mass is 232 g/mol. The first-order valence-corrected chi connectivity index (χ1v) is 4.49. The number of halogens is 1. The molecule has 1 aromatic heterocycles. The van der Waals surface area contributed by atoms with E-state index in [9.17, 15) is 0 Å². The maximum Gasteiger partial charge on any atom is 0.0579 e. The number of nitrogens with one attached hydrogen (secondary N) is 1. The van der Waals surface area contributed by atoms with Gasteiger partial charge in [0.25, 0.3) is 0 Å². The summed E-state index contributed by atoms with van der Waals surface area (Å²) in [6.45, 7) is 2.00. The number of rotatable bonds is 2. The van der Waals surface area contributed by atoms with Gasteiger partial charge >= 0.3 is 0 Å². The summed E-state index contributed by atoms with van der Waals surface area (Å²) >= 11 is 7.27. The lowest BCUT2D eigenvalue weighted by atomic mass is 10.2. The summed E-state index contributed by atoms with van der Waals surface area (Å²) in [4.78, 5) is 4.19. The Balaban J connectivity index is 2.81. The maximum atomic E-state index is 4.19. The fourth-order valence-corrected chi connectivity index (χ4v) is 1.08. The summed E-state index contributed by atoms with van der Waals surface area (Å²) in [5.74, 6) is 0. The number of pyridine rings is 1. The number of hydrogen-bond acceptors (Lipinski definition) is 3. The topological polar surface area (TPSA) is 24.9 Å². The van der Waals surface area contributed by atoms with Gasteiger partial charge in [0.1, 0.15) is 0 Å². The minimum atomic E-state index is 0.187. The summed E-state index contributed by atoms with van der Waals surface area (Å²) in [7, 11) is 0. The van der Waals surface area contributed by atoms with Gasteiger partial charge in [0, 0.05) is 10.7 Å². The second kappa shape index (κ2) is 4.09. The second-order valence-electron chi connectivity index (χ2n) is 2.25. The van der Waals surface area contributed by atoms with E-state index in [4.69, 9.17) is 0 Å². The molecular weight excluding hydrogens is 224 g/mol. The van der Waals surface area contributed by atoms with Gasteiger partial charge in [0.15, 0.2) is 0 Å². The summed E-state index contributed by atoms with van der Waals surface area (Å²) in [5.41, 5.74) is 0.989. The SMILES string of the molecule is CC(NS)c1ccc(Br)cn1. The van der Waals surface area contributed by atoms with E-state index >= 15 is 0 Å². The Morgan fingerprint density at radius 2 is 2.36 bits per heavy atom. The van der Waals surface area contributed by atoms with Crippen LogP contribution in [0.25, 0.3) is 0 Å². The van der Waals surface area contributed by atoms with E-state index in [1.54, 1.807) is 6.20 Å². The summed E-state index contributed by atoms with van der Waals surface area (Å²) in [5, 5.41) is 0. The Hall–Kier alpha value is -0.0600. The molecule has 0 saturated heterocycles. The molecule has 1 atom stereocenters. The van der Waals surface area contributed by atoms with Crippen molar-refractivity contribution < 1.29 is 0 Å². The molecule has 0 aliphatic rings. The highest BCUT2D eigenvalue weighted by molar-refractivity contribution is 9.10. The lowest BCUT2D eigenvalue weighted by molar-refractivity contribution is 0.728. The third kappa shape index (κ3) is 2.47. The molecule has 0 aliphatic carbocycles. The zero-order valence-corrected chi connectivity index (χ0v) is 8.56. The third-order valence-electron chi connectivity index (χ3n) is 1.39. The van der Waals surface area contributed by atoms with Crippen molar-refractivity contribution in [2.24, 2.45) is 0 Å². The van der Waals surface area contributed by atoms with Crippen molar-refractivity contribution >= 4 is 28.7 Å². The molecule has 11 heavy (non-hydrogen) atoms. The van der Waals surface area contributed by atoms with Crippen molar-refractivity contribution in [2.75, 3.05) is 0 Å². The molecule has 4 heteroatoms. The van der Waals surface area contributed by atoms with E-state index in [-0.39, 0.29) is 6.04 Å². The second-order valence-corrected chi connectivity index (χ2v) is 3.43. The molecule has 60 valence electrons. The largest absolute Gasteiger partial charge is 0.258 e. The normalized spacial score (nSPS) is 13.0. The molecule has 0 aliphatic heterocycles. The van der Waals surface area contributed by atoms with Crippen LogP contribution in [0.4, 0.5) is 0 Å². The minimum Gasteiger partial charge on any atom is -0.258 e. The molecule has 1 N–H and O–H groups in total. The Morgan fingerprint density at radius 1 is 1.64 bits per heavy atom. The van der Waals surface area contributed by atoms with Gasteiger partial charge in [-0.05, 0) is 35.0 Å². The Labute approximate surface area is 80.1 Å². The average Bonchev–Trinajstić information content (AvgIpc) is 2.05. The van der Waals surface area contributed by atoms with Crippen LogP contribution in [0.3, 0.4) is 0 Å². The van der Waals surface area contributed by atoms with Gasteiger partial charge in [-0.3, -0.25) is 9.71 Å². The molecule has 0 fully saturated rings. The van der Waals surface area contributed by atoms with Crippen LogP contribution in [0.1, 0.15) is 18.7 Å². The van der Waals surface area contributed by atoms with Gasteiger partial charge in [-0.2, -0.15) is 0 Å². The van der Waals surface area contributed by atoms with Crippen molar-refractivity contribution in [1.82, 2.24) is 9.71 Å². The van der Waals surface area contributed by atoms with Crippen LogP contribution in [0.5, 0.6) is 0 Å². The average molecular weight is 233 g/mol. The van der Waals surface area contributed by atoms with E-state index < -0.39 is 0 Å². The van der Waals surface area contributed by atoms with E-state index in [1.807, 2.05) is 19.1 Å². The minimum absolute atomic E-state index is 0.187. The zero-order valence-electron chi connectivity index (χ0n) is 6.08. The van der Waals surface area contributed by atoms with Gasteiger partial charge in [-0.25, -0.2) is 0 Å². The van der Waals surface area contributed by atoms with E-state index in [2.05, 4.69) is 38.5 Å². The number of hydrogen-bond donors (Lipinski definition) is 2. The third-order valence-corrected chi connectivity index (χ3v) is 2.24. The molecule has 1 unspecified atom stereocenters. The summed E-state index contributed by atoms with van der Waals surface area (Å²) < 4.78 is 3.81. The van der Waals surface area contributed by atoms with Gasteiger partial charge in [0.2, 0.25) is 0 Å². The predicted octanol–water partition coefficient (Wildman–Crippen LogP) is 2.34. The molecule has 1 heterocycles. The highest BCUT2D eigenvalue weighted by Gasteiger charge is 2.02. The summed E-state index contributed by atoms with van der Waals surface area (Å²) in [6, 6.07) is 4.11. The smallest absolute Gasteiger partial charge is 0.0579 e. The molecule has 0 amide bonds. The molecule has 0 spiro atoms. The molecule has 2 nitrogen and oxygen atoms in total. The van der Waals surface area contributed by atoms with Crippen LogP contribution in [0.15, 0.2) is 22.8 Å². The van der Waals surface area contributed by atoms with Crippen LogP contribution < -0.4 is 4.72 Å². The number of thiol groups is 1. The van der Waals surface area contributed by atoms with E-state index in [1.165, 1.54) is 0 Å². The summed E-state index contributed by atoms with van der Waals surface area (Å²) in [6.07, 6.45) is 1.77. The van der Waals surface area contributed by atoms with Crippen molar-refractivity contribution in [3.05, 3.63) is 28.5 Å². The molecule has 1 rings (SSSR count). The zero-order chi connectivity index (χ0) is 8.27. The van der Waals surface area contributed by atoms with Crippen LogP contribution in [-0.4, -0.2) is 4.98 Å². The lowest BCUT2D eigenvalue weighted by Gasteiger charge is -2.07. The molecule has 0 radical (unpaired) electrons. The first kappa shape index (κ1) is 9.03. The fraction of sp³-hybridized carbons (Fsp3) is 0.286. The first-order valence-electron chi connectivity index (χ1n) is 3.25. The fourth-order valence-electron chi connectivity index (χ4n) is 0.710. The molecule has 0 bridgehead atoms. The van der Waals surface area contributed by atoms with Crippen LogP contribution in [-0.2, 0) is 0 Å².